The van der Waals surface area contributed by atoms with E-state index < -0.39 is 12.0 Å². The smallest absolute Gasteiger partial charge is 0.338 e. The summed E-state index contributed by atoms with van der Waals surface area (Å²) in [6.07, 6.45) is 0. The van der Waals surface area contributed by atoms with Crippen LogP contribution in [0.4, 0.5) is 10.5 Å². The van der Waals surface area contributed by atoms with E-state index >= 15 is 0 Å². The second-order valence-corrected chi connectivity index (χ2v) is 9.19. The summed E-state index contributed by atoms with van der Waals surface area (Å²) < 4.78 is 5.37. The number of benzene rings is 2. The number of aryl methyl sites for hydroxylation is 2. The first kappa shape index (κ1) is 24.1. The largest absolute Gasteiger partial charge is 0.463 e. The van der Waals surface area contributed by atoms with Gasteiger partial charge in [-0.3, -0.25) is 4.90 Å². The highest BCUT2D eigenvalue weighted by molar-refractivity contribution is 6.30. The molecule has 0 radical (unpaired) electrons. The normalized spacial score (nSPS) is 19.0. The molecule has 0 bridgehead atoms. The first-order valence-corrected chi connectivity index (χ1v) is 12.0. The van der Waals surface area contributed by atoms with Crippen molar-refractivity contribution < 1.29 is 14.3 Å². The maximum atomic E-state index is 13.0. The third-order valence-electron chi connectivity index (χ3n) is 6.31. The molecule has 2 aromatic rings. The number of esters is 1. The second kappa shape index (κ2) is 10.5. The van der Waals surface area contributed by atoms with Crippen molar-refractivity contribution in [3.8, 4) is 0 Å². The molecule has 4 rings (SSSR count). The highest BCUT2D eigenvalue weighted by Crippen LogP contribution is 2.29. The van der Waals surface area contributed by atoms with Crippen molar-refractivity contribution in [2.24, 2.45) is 0 Å². The summed E-state index contributed by atoms with van der Waals surface area (Å²) in [5, 5.41) is 6.33. The highest BCUT2D eigenvalue weighted by atomic mass is 35.5. The number of anilines is 1. The number of hydrogen-bond donors (Lipinski definition) is 2. The number of amides is 2. The molecule has 2 amide bonds. The number of hydrogen-bond acceptors (Lipinski definition) is 5. The molecule has 1 fully saturated rings. The zero-order valence-electron chi connectivity index (χ0n) is 19.9. The van der Waals surface area contributed by atoms with Gasteiger partial charge in [0.15, 0.2) is 0 Å². The van der Waals surface area contributed by atoms with Gasteiger partial charge < -0.3 is 20.3 Å². The molecule has 8 heteroatoms. The lowest BCUT2D eigenvalue weighted by molar-refractivity contribution is -0.139. The van der Waals surface area contributed by atoms with Crippen molar-refractivity contribution >= 4 is 29.3 Å². The van der Waals surface area contributed by atoms with E-state index in [1.807, 2.05) is 12.1 Å². The third kappa shape index (κ3) is 5.37. The van der Waals surface area contributed by atoms with Gasteiger partial charge in [0.1, 0.15) is 0 Å². The van der Waals surface area contributed by atoms with Crippen LogP contribution in [0.3, 0.4) is 0 Å². The van der Waals surface area contributed by atoms with E-state index in [1.165, 1.54) is 16.8 Å². The molecule has 1 atom stereocenters. The summed E-state index contributed by atoms with van der Waals surface area (Å²) in [6.45, 7) is 10.1. The molecular formula is C26H31ClN4O3. The van der Waals surface area contributed by atoms with Gasteiger partial charge >= 0.3 is 12.0 Å². The minimum Gasteiger partial charge on any atom is -0.463 e. The van der Waals surface area contributed by atoms with Crippen LogP contribution in [-0.2, 0) is 9.53 Å². The molecule has 34 heavy (non-hydrogen) atoms. The summed E-state index contributed by atoms with van der Waals surface area (Å²) in [5.74, 6) is -0.432. The van der Waals surface area contributed by atoms with E-state index in [-0.39, 0.29) is 12.6 Å². The van der Waals surface area contributed by atoms with Crippen LogP contribution in [0.2, 0.25) is 5.02 Å². The van der Waals surface area contributed by atoms with Gasteiger partial charge in [-0.15, -0.1) is 0 Å². The fourth-order valence-electron chi connectivity index (χ4n) is 4.53. The number of nitrogens with one attached hydrogen (secondary N) is 2. The molecule has 0 aliphatic carbocycles. The third-order valence-corrected chi connectivity index (χ3v) is 6.56. The Bertz CT molecular complexity index is 1090. The molecule has 0 aromatic heterocycles. The molecule has 1 saturated heterocycles. The SMILES string of the molecule is CCOC(=O)C1=C(CN2CCN(c3cc(C)ccc3C)CC2)NC(=O)N[C@@H]1c1ccc(Cl)cc1. The van der Waals surface area contributed by atoms with Crippen LogP contribution in [0.1, 0.15) is 29.7 Å². The number of rotatable bonds is 6. The van der Waals surface area contributed by atoms with Crippen molar-refractivity contribution in [3.63, 3.8) is 0 Å². The average molecular weight is 483 g/mol. The number of ether oxygens (including phenoxy) is 1. The molecule has 2 aromatic carbocycles. The van der Waals surface area contributed by atoms with Gasteiger partial charge in [0.25, 0.3) is 0 Å². The maximum Gasteiger partial charge on any atom is 0.338 e. The lowest BCUT2D eigenvalue weighted by atomic mass is 9.95. The van der Waals surface area contributed by atoms with E-state index in [1.54, 1.807) is 19.1 Å². The van der Waals surface area contributed by atoms with Crippen LogP contribution in [0, 0.1) is 13.8 Å². The Hall–Kier alpha value is -3.03. The monoisotopic (exact) mass is 482 g/mol. The topological polar surface area (TPSA) is 73.9 Å². The molecule has 0 unspecified atom stereocenters. The van der Waals surface area contributed by atoms with Gasteiger partial charge in [0, 0.05) is 49.1 Å². The van der Waals surface area contributed by atoms with Crippen LogP contribution in [0.15, 0.2) is 53.7 Å². The van der Waals surface area contributed by atoms with E-state index in [0.717, 1.165) is 31.7 Å². The first-order chi connectivity index (χ1) is 16.4. The van der Waals surface area contributed by atoms with Crippen LogP contribution < -0.4 is 15.5 Å². The number of carbonyl (C=O) groups is 2. The van der Waals surface area contributed by atoms with E-state index in [0.29, 0.717) is 22.8 Å². The van der Waals surface area contributed by atoms with E-state index in [4.69, 9.17) is 16.3 Å². The van der Waals surface area contributed by atoms with Gasteiger partial charge in [-0.1, -0.05) is 35.9 Å². The molecule has 180 valence electrons. The lowest BCUT2D eigenvalue weighted by Gasteiger charge is -2.38. The summed E-state index contributed by atoms with van der Waals surface area (Å²) in [6, 6.07) is 12.7. The zero-order chi connectivity index (χ0) is 24.2. The molecule has 2 heterocycles. The summed E-state index contributed by atoms with van der Waals surface area (Å²) >= 11 is 6.05. The van der Waals surface area contributed by atoms with E-state index in [9.17, 15) is 9.59 Å². The minimum absolute atomic E-state index is 0.255. The fourth-order valence-corrected chi connectivity index (χ4v) is 4.65. The molecule has 2 N–H and O–H groups in total. The van der Waals surface area contributed by atoms with Crippen molar-refractivity contribution in [1.29, 1.82) is 0 Å². The van der Waals surface area contributed by atoms with Crippen molar-refractivity contribution in [2.45, 2.75) is 26.8 Å². The molecule has 2 aliphatic rings. The predicted molar refractivity (Wildman–Crippen MR) is 134 cm³/mol. The number of carbonyl (C=O) groups excluding carboxylic acids is 2. The summed E-state index contributed by atoms with van der Waals surface area (Å²) in [4.78, 5) is 30.2. The van der Waals surface area contributed by atoms with Crippen LogP contribution in [-0.4, -0.2) is 56.2 Å². The molecule has 7 nitrogen and oxygen atoms in total. The Balaban J connectivity index is 1.56. The Labute approximate surface area is 205 Å². The lowest BCUT2D eigenvalue weighted by Crippen LogP contribution is -2.52. The Morgan fingerprint density at radius 2 is 1.79 bits per heavy atom. The van der Waals surface area contributed by atoms with Crippen molar-refractivity contribution in [2.75, 3.05) is 44.2 Å². The van der Waals surface area contributed by atoms with Crippen LogP contribution in [0.25, 0.3) is 0 Å². The quantitative estimate of drug-likeness (QED) is 0.610. The van der Waals surface area contributed by atoms with Gasteiger partial charge in [-0.2, -0.15) is 0 Å². The predicted octanol–water partition coefficient (Wildman–Crippen LogP) is 3.95. The number of piperazine rings is 1. The maximum absolute atomic E-state index is 13.0. The minimum atomic E-state index is -0.601. The first-order valence-electron chi connectivity index (χ1n) is 11.6. The fraction of sp³-hybridized carbons (Fsp3) is 0.385. The Kier molecular flexibility index (Phi) is 7.44. The van der Waals surface area contributed by atoms with Gasteiger partial charge in [0.2, 0.25) is 0 Å². The van der Waals surface area contributed by atoms with Crippen molar-refractivity contribution in [3.05, 3.63) is 75.4 Å². The van der Waals surface area contributed by atoms with Gasteiger partial charge in [0.05, 0.1) is 18.2 Å². The van der Waals surface area contributed by atoms with Gasteiger partial charge in [-0.05, 0) is 55.7 Å². The average Bonchev–Trinajstić information content (AvgIpc) is 2.81. The second-order valence-electron chi connectivity index (χ2n) is 8.75. The van der Waals surface area contributed by atoms with Crippen LogP contribution >= 0.6 is 11.6 Å². The Morgan fingerprint density at radius 3 is 2.47 bits per heavy atom. The highest BCUT2D eigenvalue weighted by Gasteiger charge is 2.34. The molecule has 0 spiro atoms. The van der Waals surface area contributed by atoms with Crippen molar-refractivity contribution in [1.82, 2.24) is 15.5 Å². The van der Waals surface area contributed by atoms with Gasteiger partial charge in [-0.25, -0.2) is 9.59 Å². The molecule has 0 saturated carbocycles. The molecule has 2 aliphatic heterocycles. The number of urea groups is 1. The number of halogens is 1. The number of nitrogens with zero attached hydrogens (tertiary/aromatic N) is 2. The molecular weight excluding hydrogens is 452 g/mol. The standard InChI is InChI=1S/C26H31ClN4O3/c1-4-34-25(32)23-21(28-26(33)29-24(23)19-7-9-20(27)10-8-19)16-30-11-13-31(14-12-30)22-15-17(2)5-6-18(22)3/h5-10,15,24H,4,11-14,16H2,1-3H3,(H2,28,29,33)/t24-/m1/s1. The van der Waals surface area contributed by atoms with E-state index in [2.05, 4.69) is 52.5 Å². The summed E-state index contributed by atoms with van der Waals surface area (Å²) in [5.41, 5.74) is 5.58. The Morgan fingerprint density at radius 1 is 1.09 bits per heavy atom. The zero-order valence-corrected chi connectivity index (χ0v) is 20.6. The summed E-state index contributed by atoms with van der Waals surface area (Å²) in [7, 11) is 0. The van der Waals surface area contributed by atoms with Crippen LogP contribution in [0.5, 0.6) is 0 Å².